The zero-order chi connectivity index (χ0) is 13.9. The molecule has 0 fully saturated rings. The van der Waals surface area contributed by atoms with Crippen LogP contribution >= 0.6 is 11.3 Å². The molecule has 1 N–H and O–H groups in total. The Morgan fingerprint density at radius 3 is 2.75 bits per heavy atom. The van der Waals surface area contributed by atoms with Crippen molar-refractivity contribution in [3.8, 4) is 0 Å². The van der Waals surface area contributed by atoms with Gasteiger partial charge in [-0.2, -0.15) is 5.10 Å². The number of aryl methyl sites for hydroxylation is 2. The minimum atomic E-state index is -0.234. The van der Waals surface area contributed by atoms with Gasteiger partial charge in [0, 0.05) is 4.88 Å². The van der Waals surface area contributed by atoms with E-state index in [0.717, 1.165) is 29.2 Å². The number of thiazole rings is 1. The lowest BCUT2D eigenvalue weighted by molar-refractivity contribution is 0.628. The van der Waals surface area contributed by atoms with Gasteiger partial charge in [0.1, 0.15) is 5.82 Å². The molecule has 1 aromatic heterocycles. The molecule has 104 valence electrons. The molecule has 0 aliphatic heterocycles. The van der Waals surface area contributed by atoms with Crippen molar-refractivity contribution in [2.45, 2.75) is 32.6 Å². The fourth-order valence-electron chi connectivity index (χ4n) is 2.29. The number of rotatable bonds is 3. The highest BCUT2D eigenvalue weighted by atomic mass is 32.1. The molecular formula is C15H16FN3S. The molecule has 3 nitrogen and oxygen atoms in total. The molecule has 0 unspecified atom stereocenters. The van der Waals surface area contributed by atoms with Crippen molar-refractivity contribution in [1.29, 1.82) is 0 Å². The van der Waals surface area contributed by atoms with Crippen molar-refractivity contribution in [3.05, 3.63) is 46.2 Å². The highest BCUT2D eigenvalue weighted by molar-refractivity contribution is 7.15. The molecule has 0 radical (unpaired) electrons. The highest BCUT2D eigenvalue weighted by Gasteiger charge is 2.14. The average molecular weight is 289 g/mol. The fourth-order valence-corrected chi connectivity index (χ4v) is 3.28. The van der Waals surface area contributed by atoms with E-state index in [9.17, 15) is 4.39 Å². The Kier molecular flexibility index (Phi) is 3.78. The fraction of sp³-hybridized carbons (Fsp3) is 0.333. The number of hydrazone groups is 1. The van der Waals surface area contributed by atoms with Crippen LogP contribution in [-0.4, -0.2) is 10.7 Å². The van der Waals surface area contributed by atoms with Gasteiger partial charge in [0.05, 0.1) is 11.4 Å². The van der Waals surface area contributed by atoms with Gasteiger partial charge in [0.25, 0.3) is 0 Å². The van der Waals surface area contributed by atoms with E-state index in [-0.39, 0.29) is 5.82 Å². The number of halogens is 1. The van der Waals surface area contributed by atoms with Crippen molar-refractivity contribution < 1.29 is 4.39 Å². The lowest BCUT2D eigenvalue weighted by Crippen LogP contribution is -2.00. The van der Waals surface area contributed by atoms with Crippen LogP contribution in [0.25, 0.3) is 0 Å². The maximum absolute atomic E-state index is 12.9. The number of aromatic nitrogens is 1. The number of benzene rings is 1. The van der Waals surface area contributed by atoms with Crippen LogP contribution in [-0.2, 0) is 12.8 Å². The Labute approximate surface area is 121 Å². The number of hydrogen-bond donors (Lipinski definition) is 1. The van der Waals surface area contributed by atoms with Gasteiger partial charge in [-0.3, -0.25) is 5.43 Å². The van der Waals surface area contributed by atoms with E-state index in [1.807, 2.05) is 6.92 Å². The Hall–Kier alpha value is -1.75. The van der Waals surface area contributed by atoms with Gasteiger partial charge in [0.2, 0.25) is 5.13 Å². The summed E-state index contributed by atoms with van der Waals surface area (Å²) in [5, 5.41) is 5.18. The van der Waals surface area contributed by atoms with Crippen LogP contribution in [0.3, 0.4) is 0 Å². The summed E-state index contributed by atoms with van der Waals surface area (Å²) in [6, 6.07) is 6.33. The maximum atomic E-state index is 12.9. The summed E-state index contributed by atoms with van der Waals surface area (Å²) in [4.78, 5) is 5.95. The highest BCUT2D eigenvalue weighted by Crippen LogP contribution is 2.29. The SMILES string of the molecule is C/C(=N\Nc1nc2c(s1)CCCC2)c1ccc(F)cc1. The Morgan fingerprint density at radius 2 is 2.00 bits per heavy atom. The summed E-state index contributed by atoms with van der Waals surface area (Å²) in [5.74, 6) is -0.234. The molecule has 0 bridgehead atoms. The first-order valence-corrected chi connectivity index (χ1v) is 7.59. The van der Waals surface area contributed by atoms with E-state index in [1.54, 1.807) is 23.5 Å². The van der Waals surface area contributed by atoms with Crippen LogP contribution in [0.1, 0.15) is 35.9 Å². The first kappa shape index (κ1) is 13.2. The van der Waals surface area contributed by atoms with Crippen LogP contribution in [0.15, 0.2) is 29.4 Å². The molecule has 2 aromatic rings. The summed E-state index contributed by atoms with van der Waals surface area (Å²) in [6.07, 6.45) is 4.70. The third-order valence-corrected chi connectivity index (χ3v) is 4.49. The van der Waals surface area contributed by atoms with E-state index in [2.05, 4.69) is 15.5 Å². The normalized spacial score (nSPS) is 15.0. The van der Waals surface area contributed by atoms with Gasteiger partial charge in [-0.1, -0.05) is 12.1 Å². The predicted octanol–water partition coefficient (Wildman–Crippen LogP) is 4.00. The maximum Gasteiger partial charge on any atom is 0.203 e. The molecule has 5 heteroatoms. The molecule has 1 aromatic carbocycles. The van der Waals surface area contributed by atoms with Crippen molar-refractivity contribution in [2.75, 3.05) is 5.43 Å². The van der Waals surface area contributed by atoms with E-state index in [1.165, 1.54) is 35.5 Å². The van der Waals surface area contributed by atoms with Crippen LogP contribution in [0.2, 0.25) is 0 Å². The van der Waals surface area contributed by atoms with Crippen molar-refractivity contribution in [2.24, 2.45) is 5.10 Å². The molecule has 0 spiro atoms. The summed E-state index contributed by atoms with van der Waals surface area (Å²) in [6.45, 7) is 1.90. The molecule has 1 heterocycles. The van der Waals surface area contributed by atoms with Gasteiger partial charge in [-0.05, 0) is 50.3 Å². The zero-order valence-electron chi connectivity index (χ0n) is 11.3. The van der Waals surface area contributed by atoms with E-state index in [0.29, 0.717) is 0 Å². The number of nitrogens with zero attached hydrogens (tertiary/aromatic N) is 2. The van der Waals surface area contributed by atoms with Gasteiger partial charge >= 0.3 is 0 Å². The number of anilines is 1. The monoisotopic (exact) mass is 289 g/mol. The number of nitrogens with one attached hydrogen (secondary N) is 1. The average Bonchev–Trinajstić information content (AvgIpc) is 2.88. The molecule has 20 heavy (non-hydrogen) atoms. The van der Waals surface area contributed by atoms with Crippen molar-refractivity contribution >= 4 is 22.2 Å². The summed E-state index contributed by atoms with van der Waals surface area (Å²) in [5.41, 5.74) is 5.96. The largest absolute Gasteiger partial charge is 0.252 e. The second kappa shape index (κ2) is 5.71. The smallest absolute Gasteiger partial charge is 0.203 e. The van der Waals surface area contributed by atoms with E-state index in [4.69, 9.17) is 0 Å². The molecule has 0 amide bonds. The Morgan fingerprint density at radius 1 is 1.25 bits per heavy atom. The first-order valence-electron chi connectivity index (χ1n) is 6.77. The van der Waals surface area contributed by atoms with Crippen LogP contribution in [0.4, 0.5) is 9.52 Å². The second-order valence-corrected chi connectivity index (χ2v) is 6.00. The molecule has 3 rings (SSSR count). The minimum absolute atomic E-state index is 0.234. The van der Waals surface area contributed by atoms with E-state index < -0.39 is 0 Å². The Balaban J connectivity index is 1.72. The second-order valence-electron chi connectivity index (χ2n) is 4.91. The summed E-state index contributed by atoms with van der Waals surface area (Å²) in [7, 11) is 0. The lowest BCUT2D eigenvalue weighted by Gasteiger charge is -2.06. The topological polar surface area (TPSA) is 37.3 Å². The Bertz CT molecular complexity index is 608. The summed E-state index contributed by atoms with van der Waals surface area (Å²) >= 11 is 1.69. The molecule has 0 saturated carbocycles. The van der Waals surface area contributed by atoms with Gasteiger partial charge in [-0.15, -0.1) is 11.3 Å². The number of hydrogen-bond acceptors (Lipinski definition) is 4. The lowest BCUT2D eigenvalue weighted by atomic mass is 10.0. The third-order valence-electron chi connectivity index (χ3n) is 3.43. The standard InChI is InChI=1S/C15H16FN3S/c1-10(11-6-8-12(16)9-7-11)18-19-15-17-13-4-2-3-5-14(13)20-15/h6-9H,2-5H2,1H3,(H,17,19)/b18-10+. The molecule has 1 aliphatic carbocycles. The van der Waals surface area contributed by atoms with E-state index >= 15 is 0 Å². The molecule has 0 atom stereocenters. The molecule has 0 saturated heterocycles. The predicted molar refractivity (Wildman–Crippen MR) is 81.0 cm³/mol. The van der Waals surface area contributed by atoms with Crippen LogP contribution in [0, 0.1) is 5.82 Å². The molecular weight excluding hydrogens is 273 g/mol. The van der Waals surface area contributed by atoms with Gasteiger partial charge in [-0.25, -0.2) is 9.37 Å². The van der Waals surface area contributed by atoms with Crippen molar-refractivity contribution in [1.82, 2.24) is 4.98 Å². The minimum Gasteiger partial charge on any atom is -0.252 e. The number of fused-ring (bicyclic) bond motifs is 1. The van der Waals surface area contributed by atoms with Gasteiger partial charge in [0.15, 0.2) is 0 Å². The van der Waals surface area contributed by atoms with Crippen molar-refractivity contribution in [3.63, 3.8) is 0 Å². The summed E-state index contributed by atoms with van der Waals surface area (Å²) < 4.78 is 12.9. The quantitative estimate of drug-likeness (QED) is 0.685. The first-order chi connectivity index (χ1) is 9.72. The third kappa shape index (κ3) is 2.88. The molecule has 1 aliphatic rings. The van der Waals surface area contributed by atoms with Crippen LogP contribution in [0.5, 0.6) is 0 Å². The van der Waals surface area contributed by atoms with Gasteiger partial charge < -0.3 is 0 Å². The zero-order valence-corrected chi connectivity index (χ0v) is 12.1. The van der Waals surface area contributed by atoms with Crippen LogP contribution < -0.4 is 5.43 Å².